The zero-order chi connectivity index (χ0) is 23.2. The molecule has 3 fully saturated rings. The standard InChI is InChI=1S/C25H44O5S/c1-15(2)24(8)13-11-18-16(3)9-10-19-17(4)21(28-22(30-24)25(18,19)27)31-14-12-20(26)29-23(5,6)7/h15-19,21-22,27H,9-14H2,1-8H3/t16-,17-,18+,19+,21+,22-,24+,25-/m1/s1. The SMILES string of the molecule is CC(C)[C@]1(C)CC[C@H]2[C@H](C)CC[C@H]3[C@@H](C)[C@H](SCCC(=O)OC(C)(C)C)O[C@H](O1)[C@]32O. The summed E-state index contributed by atoms with van der Waals surface area (Å²) in [6.45, 7) is 16.7. The van der Waals surface area contributed by atoms with Crippen LogP contribution >= 0.6 is 11.8 Å². The maximum atomic E-state index is 12.1. The summed E-state index contributed by atoms with van der Waals surface area (Å²) in [4.78, 5) is 12.1. The van der Waals surface area contributed by atoms with Crippen LogP contribution in [0.25, 0.3) is 0 Å². The second-order valence-electron chi connectivity index (χ2n) is 11.7. The van der Waals surface area contributed by atoms with Gasteiger partial charge in [-0.25, -0.2) is 0 Å². The van der Waals surface area contributed by atoms with Crippen molar-refractivity contribution in [3.63, 3.8) is 0 Å². The number of ether oxygens (including phenoxy) is 3. The molecular weight excluding hydrogens is 412 g/mol. The third kappa shape index (κ3) is 5.12. The van der Waals surface area contributed by atoms with Crippen molar-refractivity contribution in [2.75, 3.05) is 5.75 Å². The highest BCUT2D eigenvalue weighted by molar-refractivity contribution is 7.99. The summed E-state index contributed by atoms with van der Waals surface area (Å²) in [5, 5.41) is 12.1. The fourth-order valence-corrected chi connectivity index (χ4v) is 7.02. The highest BCUT2D eigenvalue weighted by Crippen LogP contribution is 2.57. The van der Waals surface area contributed by atoms with Crippen molar-refractivity contribution in [1.82, 2.24) is 0 Å². The van der Waals surface area contributed by atoms with Gasteiger partial charge in [0.15, 0.2) is 6.29 Å². The molecule has 1 saturated carbocycles. The van der Waals surface area contributed by atoms with Gasteiger partial charge < -0.3 is 19.3 Å². The van der Waals surface area contributed by atoms with E-state index in [-0.39, 0.29) is 34.8 Å². The van der Waals surface area contributed by atoms with Gasteiger partial charge in [-0.2, -0.15) is 0 Å². The van der Waals surface area contributed by atoms with E-state index < -0.39 is 17.5 Å². The lowest BCUT2D eigenvalue weighted by Gasteiger charge is -2.57. The average molecular weight is 457 g/mol. The Labute approximate surface area is 193 Å². The number of carbonyl (C=O) groups is 1. The van der Waals surface area contributed by atoms with E-state index in [1.807, 2.05) is 20.8 Å². The quantitative estimate of drug-likeness (QED) is 0.560. The molecule has 1 aliphatic carbocycles. The van der Waals surface area contributed by atoms with Crippen LogP contribution < -0.4 is 0 Å². The monoisotopic (exact) mass is 456 g/mol. The second kappa shape index (κ2) is 9.15. The molecule has 31 heavy (non-hydrogen) atoms. The molecular formula is C25H44O5S. The lowest BCUT2D eigenvalue weighted by Crippen LogP contribution is -2.66. The van der Waals surface area contributed by atoms with E-state index in [1.165, 1.54) is 0 Å². The van der Waals surface area contributed by atoms with Gasteiger partial charge in [0.1, 0.15) is 16.6 Å². The van der Waals surface area contributed by atoms with Crippen molar-refractivity contribution in [2.24, 2.45) is 29.6 Å². The van der Waals surface area contributed by atoms with Crippen molar-refractivity contribution in [1.29, 1.82) is 0 Å². The zero-order valence-corrected chi connectivity index (χ0v) is 21.6. The van der Waals surface area contributed by atoms with Crippen LogP contribution in [0.1, 0.15) is 87.5 Å². The molecule has 3 aliphatic rings. The van der Waals surface area contributed by atoms with Gasteiger partial charge in [0, 0.05) is 5.75 Å². The Morgan fingerprint density at radius 1 is 1.19 bits per heavy atom. The first kappa shape index (κ1) is 25.3. The smallest absolute Gasteiger partial charge is 0.307 e. The molecule has 1 N–H and O–H groups in total. The van der Waals surface area contributed by atoms with Crippen molar-refractivity contribution >= 4 is 17.7 Å². The molecule has 2 heterocycles. The minimum Gasteiger partial charge on any atom is -0.460 e. The Hall–Kier alpha value is -0.300. The summed E-state index contributed by atoms with van der Waals surface area (Å²) in [6.07, 6.45) is 3.81. The molecule has 180 valence electrons. The lowest BCUT2D eigenvalue weighted by molar-refractivity contribution is -0.345. The maximum absolute atomic E-state index is 12.1. The molecule has 0 spiro atoms. The van der Waals surface area contributed by atoms with E-state index in [0.29, 0.717) is 24.0 Å². The van der Waals surface area contributed by atoms with Gasteiger partial charge in [0.25, 0.3) is 0 Å². The highest BCUT2D eigenvalue weighted by Gasteiger charge is 2.63. The van der Waals surface area contributed by atoms with Crippen molar-refractivity contribution in [2.45, 2.75) is 116 Å². The third-order valence-corrected chi connectivity index (χ3v) is 9.37. The van der Waals surface area contributed by atoms with E-state index in [1.54, 1.807) is 11.8 Å². The predicted molar refractivity (Wildman–Crippen MR) is 125 cm³/mol. The molecule has 0 unspecified atom stereocenters. The lowest BCUT2D eigenvalue weighted by atomic mass is 9.58. The van der Waals surface area contributed by atoms with Gasteiger partial charge in [-0.05, 0) is 83.0 Å². The van der Waals surface area contributed by atoms with E-state index in [0.717, 1.165) is 25.7 Å². The average Bonchev–Trinajstić information content (AvgIpc) is 2.74. The summed E-state index contributed by atoms with van der Waals surface area (Å²) in [7, 11) is 0. The summed E-state index contributed by atoms with van der Waals surface area (Å²) >= 11 is 1.66. The number of esters is 1. The van der Waals surface area contributed by atoms with E-state index >= 15 is 0 Å². The molecule has 0 aromatic heterocycles. The summed E-state index contributed by atoms with van der Waals surface area (Å²) < 4.78 is 18.6. The Balaban J connectivity index is 1.76. The predicted octanol–water partition coefficient (Wildman–Crippen LogP) is 5.39. The van der Waals surface area contributed by atoms with Gasteiger partial charge in [0.05, 0.1) is 12.0 Å². The summed E-state index contributed by atoms with van der Waals surface area (Å²) in [6, 6.07) is 0. The third-order valence-electron chi connectivity index (χ3n) is 8.06. The fourth-order valence-electron chi connectivity index (χ4n) is 5.83. The second-order valence-corrected chi connectivity index (χ2v) is 12.9. The molecule has 0 amide bonds. The minimum absolute atomic E-state index is 0.0960. The van der Waals surface area contributed by atoms with E-state index in [4.69, 9.17) is 14.2 Å². The first-order valence-corrected chi connectivity index (χ1v) is 13.2. The van der Waals surface area contributed by atoms with Crippen LogP contribution in [0.5, 0.6) is 0 Å². The Kier molecular flexibility index (Phi) is 7.48. The number of hydrogen-bond acceptors (Lipinski definition) is 6. The van der Waals surface area contributed by atoms with Crippen LogP contribution in [0.3, 0.4) is 0 Å². The van der Waals surface area contributed by atoms with Crippen LogP contribution in [0, 0.1) is 29.6 Å². The number of hydrogen-bond donors (Lipinski definition) is 1. The van der Waals surface area contributed by atoms with Crippen molar-refractivity contribution < 1.29 is 24.1 Å². The Bertz CT molecular complexity index is 646. The number of carbonyl (C=O) groups excluding carboxylic acids is 1. The molecule has 0 aromatic carbocycles. The van der Waals surface area contributed by atoms with Gasteiger partial charge in [-0.1, -0.05) is 27.7 Å². The first-order chi connectivity index (χ1) is 14.3. The van der Waals surface area contributed by atoms with Crippen LogP contribution in [-0.2, 0) is 19.0 Å². The summed E-state index contributed by atoms with van der Waals surface area (Å²) in [5.41, 5.74) is -1.81. The number of aliphatic hydroxyl groups is 1. The largest absolute Gasteiger partial charge is 0.460 e. The van der Waals surface area contributed by atoms with Crippen LogP contribution in [0.2, 0.25) is 0 Å². The topological polar surface area (TPSA) is 65.0 Å². The van der Waals surface area contributed by atoms with Gasteiger partial charge in [-0.15, -0.1) is 11.8 Å². The Morgan fingerprint density at radius 3 is 2.48 bits per heavy atom. The molecule has 3 rings (SSSR count). The van der Waals surface area contributed by atoms with Crippen molar-refractivity contribution in [3.05, 3.63) is 0 Å². The normalized spacial score (nSPS) is 43.3. The number of thioether (sulfide) groups is 1. The van der Waals surface area contributed by atoms with Crippen LogP contribution in [0.4, 0.5) is 0 Å². The van der Waals surface area contributed by atoms with E-state index in [9.17, 15) is 9.90 Å². The maximum Gasteiger partial charge on any atom is 0.307 e. The highest BCUT2D eigenvalue weighted by atomic mass is 32.2. The van der Waals surface area contributed by atoms with Gasteiger partial charge >= 0.3 is 5.97 Å². The zero-order valence-electron chi connectivity index (χ0n) is 20.8. The molecule has 0 radical (unpaired) electrons. The molecule has 2 aliphatic heterocycles. The molecule has 8 atom stereocenters. The Morgan fingerprint density at radius 2 is 1.87 bits per heavy atom. The first-order valence-electron chi connectivity index (χ1n) is 12.2. The van der Waals surface area contributed by atoms with Crippen LogP contribution in [-0.4, -0.2) is 45.4 Å². The fraction of sp³-hybridized carbons (Fsp3) is 0.960. The molecule has 0 aromatic rings. The van der Waals surface area contributed by atoms with Crippen molar-refractivity contribution in [3.8, 4) is 0 Å². The molecule has 2 saturated heterocycles. The molecule has 5 nitrogen and oxygen atoms in total. The number of rotatable bonds is 5. The van der Waals surface area contributed by atoms with Gasteiger partial charge in [0.2, 0.25) is 0 Å². The summed E-state index contributed by atoms with van der Waals surface area (Å²) in [5.74, 6) is 1.83. The van der Waals surface area contributed by atoms with E-state index in [2.05, 4.69) is 34.6 Å². The molecule has 0 bridgehead atoms. The van der Waals surface area contributed by atoms with Crippen LogP contribution in [0.15, 0.2) is 0 Å². The minimum atomic E-state index is -0.939. The van der Waals surface area contributed by atoms with Gasteiger partial charge in [-0.3, -0.25) is 4.79 Å². The molecule has 6 heteroatoms.